The van der Waals surface area contributed by atoms with E-state index < -0.39 is 0 Å². The number of nitrogens with one attached hydrogen (secondary N) is 1. The second-order valence-electron chi connectivity index (χ2n) is 9.45. The zero-order valence-corrected chi connectivity index (χ0v) is 22.4. The smallest absolute Gasteiger partial charge is 0.322 e. The number of aryl methyl sites for hydroxylation is 3. The Morgan fingerprint density at radius 1 is 1.08 bits per heavy atom. The number of amides is 3. The van der Waals surface area contributed by atoms with Crippen LogP contribution in [0.4, 0.5) is 10.5 Å². The van der Waals surface area contributed by atoms with Crippen molar-refractivity contribution < 1.29 is 14.3 Å². The van der Waals surface area contributed by atoms with Crippen LogP contribution in [0.15, 0.2) is 53.9 Å². The fourth-order valence-electron chi connectivity index (χ4n) is 4.62. The number of thiophene rings is 1. The van der Waals surface area contributed by atoms with Crippen molar-refractivity contribution in [1.82, 2.24) is 9.80 Å². The van der Waals surface area contributed by atoms with Crippen molar-refractivity contribution in [2.45, 2.75) is 46.6 Å². The fourth-order valence-corrected chi connectivity index (χ4v) is 5.55. The van der Waals surface area contributed by atoms with Crippen LogP contribution in [0.5, 0.6) is 5.75 Å². The van der Waals surface area contributed by atoms with Gasteiger partial charge in [-0.25, -0.2) is 4.79 Å². The molecule has 1 atom stereocenters. The first kappa shape index (κ1) is 25.8. The molecule has 2 aromatic carbocycles. The van der Waals surface area contributed by atoms with Gasteiger partial charge < -0.3 is 19.9 Å². The summed E-state index contributed by atoms with van der Waals surface area (Å²) in [5.41, 5.74) is 5.27. The third-order valence-corrected chi connectivity index (χ3v) is 7.55. The summed E-state index contributed by atoms with van der Waals surface area (Å²) in [6.45, 7) is 9.65. The van der Waals surface area contributed by atoms with Crippen LogP contribution in [0.2, 0.25) is 0 Å². The number of rotatable bonds is 8. The number of hydrogen-bond acceptors (Lipinski definition) is 4. The van der Waals surface area contributed by atoms with Crippen molar-refractivity contribution in [3.8, 4) is 5.75 Å². The van der Waals surface area contributed by atoms with Crippen molar-refractivity contribution in [3.05, 3.63) is 81.0 Å². The van der Waals surface area contributed by atoms with Gasteiger partial charge in [0.25, 0.3) is 0 Å². The summed E-state index contributed by atoms with van der Waals surface area (Å²) in [5, 5.41) is 5.02. The van der Waals surface area contributed by atoms with Gasteiger partial charge in [-0.3, -0.25) is 4.79 Å². The van der Waals surface area contributed by atoms with Gasteiger partial charge in [0.05, 0.1) is 6.04 Å². The number of ether oxygens (including phenoxy) is 1. The van der Waals surface area contributed by atoms with Crippen molar-refractivity contribution in [2.24, 2.45) is 0 Å². The van der Waals surface area contributed by atoms with E-state index in [4.69, 9.17) is 4.74 Å². The lowest BCUT2D eigenvalue weighted by molar-refractivity contribution is -0.135. The molecule has 0 radical (unpaired) electrons. The first-order chi connectivity index (χ1) is 17.4. The molecule has 1 N–H and O–H groups in total. The Balaban J connectivity index is 1.48. The molecule has 36 heavy (non-hydrogen) atoms. The Morgan fingerprint density at radius 2 is 1.83 bits per heavy atom. The molecule has 3 amide bonds. The average molecular weight is 506 g/mol. The molecular weight excluding hydrogens is 470 g/mol. The second kappa shape index (κ2) is 11.6. The van der Waals surface area contributed by atoms with Crippen LogP contribution in [0.25, 0.3) is 0 Å². The van der Waals surface area contributed by atoms with Crippen molar-refractivity contribution in [3.63, 3.8) is 0 Å². The van der Waals surface area contributed by atoms with Gasteiger partial charge >= 0.3 is 6.03 Å². The summed E-state index contributed by atoms with van der Waals surface area (Å²) in [6.07, 6.45) is 1.59. The molecule has 6 nitrogen and oxygen atoms in total. The maximum absolute atomic E-state index is 13.6. The van der Waals surface area contributed by atoms with Gasteiger partial charge in [0.2, 0.25) is 5.91 Å². The second-order valence-corrected chi connectivity index (χ2v) is 10.5. The Kier molecular flexibility index (Phi) is 8.31. The van der Waals surface area contributed by atoms with E-state index in [1.165, 1.54) is 10.4 Å². The molecule has 1 aliphatic heterocycles. The Hall–Kier alpha value is -3.32. The minimum Gasteiger partial charge on any atom is -0.491 e. The molecule has 7 heteroatoms. The first-order valence-corrected chi connectivity index (χ1v) is 13.4. The normalized spacial score (nSPS) is 14.8. The zero-order chi connectivity index (χ0) is 25.7. The maximum atomic E-state index is 13.6. The van der Waals surface area contributed by atoms with Gasteiger partial charge in [-0.1, -0.05) is 42.3 Å². The standard InChI is InChI=1S/C29H35N3O3S/c1-5-14-31(29(34)30-23-9-6-20(2)7-10-23)18-28(33)32-15-12-27-24(13-16-36-27)25(32)19-35-26-11-8-21(3)17-22(26)4/h6-11,13,16-17,25H,5,12,14-15,18-19H2,1-4H3,(H,30,34)/t25-/m0/s1. The largest absolute Gasteiger partial charge is 0.491 e. The van der Waals surface area contributed by atoms with Crippen LogP contribution in [-0.2, 0) is 11.2 Å². The number of carbonyl (C=O) groups excluding carboxylic acids is 2. The molecule has 0 saturated carbocycles. The van der Waals surface area contributed by atoms with Crippen LogP contribution in [0, 0.1) is 20.8 Å². The molecule has 0 saturated heterocycles. The van der Waals surface area contributed by atoms with E-state index in [1.807, 2.05) is 62.1 Å². The Bertz CT molecular complexity index is 1200. The van der Waals surface area contributed by atoms with E-state index >= 15 is 0 Å². The van der Waals surface area contributed by atoms with Gasteiger partial charge in [0.1, 0.15) is 18.9 Å². The lowest BCUT2D eigenvalue weighted by atomic mass is 10.00. The van der Waals surface area contributed by atoms with E-state index in [0.717, 1.165) is 41.0 Å². The van der Waals surface area contributed by atoms with Gasteiger partial charge in [0, 0.05) is 23.7 Å². The molecular formula is C29H35N3O3S. The first-order valence-electron chi connectivity index (χ1n) is 12.5. The van der Waals surface area contributed by atoms with Crippen LogP contribution in [0.3, 0.4) is 0 Å². The van der Waals surface area contributed by atoms with E-state index in [9.17, 15) is 9.59 Å². The third-order valence-electron chi connectivity index (χ3n) is 6.55. The lowest BCUT2D eigenvalue weighted by Crippen LogP contribution is -2.48. The number of fused-ring (bicyclic) bond motifs is 1. The topological polar surface area (TPSA) is 61.9 Å². The monoisotopic (exact) mass is 505 g/mol. The minimum atomic E-state index is -0.259. The highest BCUT2D eigenvalue weighted by molar-refractivity contribution is 7.10. The number of hydrogen-bond donors (Lipinski definition) is 1. The SMILES string of the molecule is CCCN(CC(=O)N1CCc2sccc2[C@@H]1COc1ccc(C)cc1C)C(=O)Nc1ccc(C)cc1. The molecule has 190 valence electrons. The highest BCUT2D eigenvalue weighted by Gasteiger charge is 2.33. The van der Waals surface area contributed by atoms with Crippen molar-refractivity contribution >= 4 is 29.0 Å². The lowest BCUT2D eigenvalue weighted by Gasteiger charge is -2.37. The number of nitrogens with zero attached hydrogens (tertiary/aromatic N) is 2. The molecule has 0 fully saturated rings. The molecule has 0 spiro atoms. The summed E-state index contributed by atoms with van der Waals surface area (Å²) in [5.74, 6) is 0.772. The predicted molar refractivity (Wildman–Crippen MR) is 146 cm³/mol. The third kappa shape index (κ3) is 6.08. The number of carbonyl (C=O) groups is 2. The Labute approximate surface area is 217 Å². The van der Waals surface area contributed by atoms with Gasteiger partial charge in [-0.05, 0) is 74.4 Å². The van der Waals surface area contributed by atoms with Crippen LogP contribution < -0.4 is 10.1 Å². The van der Waals surface area contributed by atoms with Crippen molar-refractivity contribution in [1.29, 1.82) is 0 Å². The average Bonchev–Trinajstić information content (AvgIpc) is 3.33. The van der Waals surface area contributed by atoms with Crippen molar-refractivity contribution in [2.75, 3.05) is 31.6 Å². The predicted octanol–water partition coefficient (Wildman–Crippen LogP) is 6.12. The van der Waals surface area contributed by atoms with Gasteiger partial charge in [0.15, 0.2) is 0 Å². The molecule has 0 bridgehead atoms. The molecule has 1 aromatic heterocycles. The molecule has 1 aliphatic rings. The zero-order valence-electron chi connectivity index (χ0n) is 21.5. The summed E-state index contributed by atoms with van der Waals surface area (Å²) >= 11 is 1.73. The van der Waals surface area contributed by atoms with E-state index in [1.54, 1.807) is 16.2 Å². The van der Waals surface area contributed by atoms with E-state index in [0.29, 0.717) is 19.7 Å². The summed E-state index contributed by atoms with van der Waals surface area (Å²) in [4.78, 5) is 31.4. The van der Waals surface area contributed by atoms with Gasteiger partial charge in [-0.2, -0.15) is 0 Å². The van der Waals surface area contributed by atoms with Crippen LogP contribution in [-0.4, -0.2) is 48.0 Å². The molecule has 0 unspecified atom stereocenters. The molecule has 2 heterocycles. The Morgan fingerprint density at radius 3 is 2.56 bits per heavy atom. The van der Waals surface area contributed by atoms with E-state index in [-0.39, 0.29) is 24.5 Å². The highest BCUT2D eigenvalue weighted by atomic mass is 32.1. The fraction of sp³-hybridized carbons (Fsp3) is 0.379. The quantitative estimate of drug-likeness (QED) is 0.401. The van der Waals surface area contributed by atoms with Crippen LogP contribution >= 0.6 is 11.3 Å². The number of benzene rings is 2. The maximum Gasteiger partial charge on any atom is 0.322 e. The summed E-state index contributed by atoms with van der Waals surface area (Å²) in [6, 6.07) is 15.5. The molecule has 3 aromatic rings. The summed E-state index contributed by atoms with van der Waals surface area (Å²) < 4.78 is 6.24. The summed E-state index contributed by atoms with van der Waals surface area (Å²) in [7, 11) is 0. The molecule has 0 aliphatic carbocycles. The molecule has 4 rings (SSSR count). The van der Waals surface area contributed by atoms with E-state index in [2.05, 4.69) is 29.8 Å². The number of urea groups is 1. The highest BCUT2D eigenvalue weighted by Crippen LogP contribution is 2.34. The van der Waals surface area contributed by atoms with Gasteiger partial charge in [-0.15, -0.1) is 11.3 Å². The number of anilines is 1. The van der Waals surface area contributed by atoms with Crippen LogP contribution in [0.1, 0.15) is 46.5 Å². The minimum absolute atomic E-state index is 0.0328.